The van der Waals surface area contributed by atoms with Gasteiger partial charge in [-0.15, -0.1) is 11.3 Å². The molecule has 1 unspecified atom stereocenters. The molecule has 0 bridgehead atoms. The van der Waals surface area contributed by atoms with E-state index in [2.05, 4.69) is 53.4 Å². The third-order valence-corrected chi connectivity index (χ3v) is 9.70. The Morgan fingerprint density at radius 2 is 1.86 bits per heavy atom. The van der Waals surface area contributed by atoms with Crippen LogP contribution in [0.5, 0.6) is 0 Å². The number of amides is 3. The molecule has 0 radical (unpaired) electrons. The summed E-state index contributed by atoms with van der Waals surface area (Å²) < 4.78 is 6.49. The van der Waals surface area contributed by atoms with E-state index in [4.69, 9.17) is 9.72 Å². The second-order valence-corrected chi connectivity index (χ2v) is 13.3. The highest BCUT2D eigenvalue weighted by Gasteiger charge is 2.30. The van der Waals surface area contributed by atoms with E-state index in [1.54, 1.807) is 18.3 Å². The van der Waals surface area contributed by atoms with Crippen molar-refractivity contribution < 1.29 is 19.1 Å². The SMILES string of the molecule is C=C(CCN1CCOCC1)C(=O)NCC(NC(=O)[C@H](Cc1nc2ccc(C(C)C)cc2s1)NC(=O)CC)C1CCCCC1. The maximum absolute atomic E-state index is 13.8. The van der Waals surface area contributed by atoms with Gasteiger partial charge >= 0.3 is 0 Å². The molecule has 1 aromatic carbocycles. The molecule has 4 rings (SSSR count). The van der Waals surface area contributed by atoms with Crippen LogP contribution in [0.15, 0.2) is 30.4 Å². The van der Waals surface area contributed by atoms with E-state index < -0.39 is 6.04 Å². The van der Waals surface area contributed by atoms with Gasteiger partial charge < -0.3 is 20.7 Å². The molecule has 2 heterocycles. The molecular formula is C33H49N5O4S. The monoisotopic (exact) mass is 611 g/mol. The fourth-order valence-corrected chi connectivity index (χ4v) is 6.89. The number of nitrogens with zero attached hydrogens (tertiary/aromatic N) is 2. The summed E-state index contributed by atoms with van der Waals surface area (Å²) >= 11 is 1.57. The lowest BCUT2D eigenvalue weighted by Crippen LogP contribution is -2.55. The summed E-state index contributed by atoms with van der Waals surface area (Å²) in [6.45, 7) is 14.4. The summed E-state index contributed by atoms with van der Waals surface area (Å²) in [5.74, 6) is 0.0900. The molecule has 2 aromatic rings. The maximum atomic E-state index is 13.8. The molecule has 2 fully saturated rings. The number of ether oxygens (including phenoxy) is 1. The summed E-state index contributed by atoms with van der Waals surface area (Å²) in [5, 5.41) is 10.0. The summed E-state index contributed by atoms with van der Waals surface area (Å²) in [7, 11) is 0. The molecule has 0 spiro atoms. The van der Waals surface area contributed by atoms with Crippen molar-refractivity contribution in [2.75, 3.05) is 39.4 Å². The van der Waals surface area contributed by atoms with Gasteiger partial charge in [-0.05, 0) is 48.8 Å². The van der Waals surface area contributed by atoms with Gasteiger partial charge in [-0.25, -0.2) is 4.98 Å². The van der Waals surface area contributed by atoms with Crippen LogP contribution < -0.4 is 16.0 Å². The molecule has 43 heavy (non-hydrogen) atoms. The van der Waals surface area contributed by atoms with Gasteiger partial charge in [0.2, 0.25) is 17.7 Å². The largest absolute Gasteiger partial charge is 0.379 e. The van der Waals surface area contributed by atoms with E-state index in [9.17, 15) is 14.4 Å². The number of nitrogens with one attached hydrogen (secondary N) is 3. The summed E-state index contributed by atoms with van der Waals surface area (Å²) in [5.41, 5.74) is 2.70. The van der Waals surface area contributed by atoms with Crippen LogP contribution in [-0.2, 0) is 25.5 Å². The van der Waals surface area contributed by atoms with Crippen LogP contribution >= 0.6 is 11.3 Å². The molecule has 2 aliphatic rings. The van der Waals surface area contributed by atoms with Crippen molar-refractivity contribution in [1.82, 2.24) is 25.8 Å². The normalized spacial score (nSPS) is 17.9. The number of carbonyl (C=O) groups excluding carboxylic acids is 3. The third-order valence-electron chi connectivity index (χ3n) is 8.66. The lowest BCUT2D eigenvalue weighted by molar-refractivity contribution is -0.129. The van der Waals surface area contributed by atoms with Gasteiger partial charge in [0.15, 0.2) is 0 Å². The molecule has 2 atom stereocenters. The Labute approximate surface area is 260 Å². The van der Waals surface area contributed by atoms with E-state index in [0.717, 1.165) is 73.8 Å². The quantitative estimate of drug-likeness (QED) is 0.275. The van der Waals surface area contributed by atoms with Crippen LogP contribution in [0, 0.1) is 5.92 Å². The average molecular weight is 612 g/mol. The number of thiazole rings is 1. The summed E-state index contributed by atoms with van der Waals surface area (Å²) in [4.78, 5) is 46.3. The predicted molar refractivity (Wildman–Crippen MR) is 172 cm³/mol. The number of rotatable bonds is 14. The van der Waals surface area contributed by atoms with E-state index in [-0.39, 0.29) is 36.1 Å². The zero-order valence-corrected chi connectivity index (χ0v) is 26.9. The predicted octanol–water partition coefficient (Wildman–Crippen LogP) is 4.32. The number of hydrogen-bond donors (Lipinski definition) is 3. The van der Waals surface area contributed by atoms with Crippen LogP contribution in [-0.4, -0.2) is 79.1 Å². The minimum atomic E-state index is -0.747. The van der Waals surface area contributed by atoms with Crippen molar-refractivity contribution in [1.29, 1.82) is 0 Å². The van der Waals surface area contributed by atoms with Crippen molar-refractivity contribution in [2.45, 2.75) is 90.1 Å². The second kappa shape index (κ2) is 16.3. The Morgan fingerprint density at radius 1 is 1.12 bits per heavy atom. The van der Waals surface area contributed by atoms with E-state index in [0.29, 0.717) is 30.9 Å². The molecule has 9 nitrogen and oxygen atoms in total. The number of morpholine rings is 1. The van der Waals surface area contributed by atoms with Crippen molar-refractivity contribution in [3.05, 3.63) is 40.9 Å². The highest BCUT2D eigenvalue weighted by Crippen LogP contribution is 2.28. The Balaban J connectivity index is 1.41. The first kappa shape index (κ1) is 33.1. The minimum absolute atomic E-state index is 0.172. The molecule has 10 heteroatoms. The molecule has 1 aliphatic carbocycles. The maximum Gasteiger partial charge on any atom is 0.246 e. The Kier molecular flexibility index (Phi) is 12.5. The first-order valence-electron chi connectivity index (χ1n) is 16.0. The summed E-state index contributed by atoms with van der Waals surface area (Å²) in [6.07, 6.45) is 6.60. The second-order valence-electron chi connectivity index (χ2n) is 12.2. The minimum Gasteiger partial charge on any atom is -0.379 e. The molecule has 3 N–H and O–H groups in total. The smallest absolute Gasteiger partial charge is 0.246 e. The molecule has 236 valence electrons. The van der Waals surface area contributed by atoms with Gasteiger partial charge in [-0.1, -0.05) is 52.7 Å². The fraction of sp³-hybridized carbons (Fsp3) is 0.636. The molecule has 1 aliphatic heterocycles. The van der Waals surface area contributed by atoms with Gasteiger partial charge in [-0.2, -0.15) is 0 Å². The molecule has 1 aromatic heterocycles. The van der Waals surface area contributed by atoms with Gasteiger partial charge in [0.1, 0.15) is 6.04 Å². The number of aromatic nitrogens is 1. The van der Waals surface area contributed by atoms with Crippen molar-refractivity contribution in [2.24, 2.45) is 5.92 Å². The first-order valence-corrected chi connectivity index (χ1v) is 16.8. The zero-order chi connectivity index (χ0) is 30.8. The summed E-state index contributed by atoms with van der Waals surface area (Å²) in [6, 6.07) is 5.31. The van der Waals surface area contributed by atoms with E-state index in [1.165, 1.54) is 12.0 Å². The van der Waals surface area contributed by atoms with Gasteiger partial charge in [0.05, 0.1) is 28.4 Å². The third kappa shape index (κ3) is 9.84. The van der Waals surface area contributed by atoms with Crippen LogP contribution in [0.3, 0.4) is 0 Å². The molecule has 1 saturated carbocycles. The number of fused-ring (bicyclic) bond motifs is 1. The number of hydrogen-bond acceptors (Lipinski definition) is 7. The van der Waals surface area contributed by atoms with Gasteiger partial charge in [0, 0.05) is 50.6 Å². The topological polar surface area (TPSA) is 113 Å². The highest BCUT2D eigenvalue weighted by molar-refractivity contribution is 7.18. The van der Waals surface area contributed by atoms with E-state index in [1.807, 2.05) is 6.07 Å². The highest BCUT2D eigenvalue weighted by atomic mass is 32.1. The fourth-order valence-electron chi connectivity index (χ4n) is 5.83. The molecule has 3 amide bonds. The Morgan fingerprint density at radius 3 is 2.56 bits per heavy atom. The standard InChI is InChI=1S/C33H49N5O4S/c1-5-30(39)35-27(20-31-36-26-12-11-25(22(2)3)19-29(26)43-31)33(41)37-28(24-9-7-6-8-10-24)21-34-32(40)23(4)13-14-38-15-17-42-18-16-38/h11-12,19,22,24,27-28H,4-10,13-18,20-21H2,1-3H3,(H,34,40)(H,35,39)(H,37,41)/t27-,28?/m0/s1. The van der Waals surface area contributed by atoms with Crippen LogP contribution in [0.1, 0.15) is 82.2 Å². The first-order chi connectivity index (χ1) is 20.7. The molecular weight excluding hydrogens is 562 g/mol. The van der Waals surface area contributed by atoms with Gasteiger partial charge in [0.25, 0.3) is 0 Å². The van der Waals surface area contributed by atoms with Crippen LogP contribution in [0.4, 0.5) is 0 Å². The van der Waals surface area contributed by atoms with Crippen LogP contribution in [0.25, 0.3) is 10.2 Å². The average Bonchev–Trinajstić information content (AvgIpc) is 3.43. The van der Waals surface area contributed by atoms with Crippen molar-refractivity contribution in [3.8, 4) is 0 Å². The zero-order valence-electron chi connectivity index (χ0n) is 26.1. The Bertz CT molecular complexity index is 1250. The lowest BCUT2D eigenvalue weighted by Gasteiger charge is -2.32. The Hall–Kier alpha value is -2.82. The lowest BCUT2D eigenvalue weighted by atomic mass is 9.83. The van der Waals surface area contributed by atoms with Crippen molar-refractivity contribution in [3.63, 3.8) is 0 Å². The number of benzene rings is 1. The van der Waals surface area contributed by atoms with Gasteiger partial charge in [-0.3, -0.25) is 19.3 Å². The van der Waals surface area contributed by atoms with Crippen LogP contribution in [0.2, 0.25) is 0 Å². The molecule has 1 saturated heterocycles. The van der Waals surface area contributed by atoms with Crippen molar-refractivity contribution >= 4 is 39.3 Å². The number of carbonyl (C=O) groups is 3. The van der Waals surface area contributed by atoms with E-state index >= 15 is 0 Å².